The lowest BCUT2D eigenvalue weighted by Gasteiger charge is -2.20. The van der Waals surface area contributed by atoms with E-state index in [-0.39, 0.29) is 25.0 Å². The standard InChI is InChI=1S/C12H18N2O3S/c1-2-14(6-4-7-15)11(16)9-13-12(17)10-5-3-8-18-10/h3,5,8,15H,2,4,6-7,9H2,1H3,(H,13,17). The van der Waals surface area contributed by atoms with Gasteiger partial charge >= 0.3 is 0 Å². The third-order valence-corrected chi connectivity index (χ3v) is 3.33. The van der Waals surface area contributed by atoms with Gasteiger partial charge in [-0.1, -0.05) is 6.07 Å². The lowest BCUT2D eigenvalue weighted by Crippen LogP contribution is -2.40. The number of amides is 2. The predicted molar refractivity (Wildman–Crippen MR) is 70.6 cm³/mol. The first kappa shape index (κ1) is 14.7. The summed E-state index contributed by atoms with van der Waals surface area (Å²) in [5.74, 6) is -0.354. The van der Waals surface area contributed by atoms with E-state index in [1.165, 1.54) is 11.3 Å². The third-order valence-electron chi connectivity index (χ3n) is 2.47. The van der Waals surface area contributed by atoms with E-state index >= 15 is 0 Å². The van der Waals surface area contributed by atoms with Crippen molar-refractivity contribution in [3.63, 3.8) is 0 Å². The van der Waals surface area contributed by atoms with Crippen LogP contribution in [0.25, 0.3) is 0 Å². The average molecular weight is 270 g/mol. The number of carbonyl (C=O) groups is 2. The fourth-order valence-electron chi connectivity index (χ4n) is 1.48. The van der Waals surface area contributed by atoms with Gasteiger partial charge in [-0.3, -0.25) is 9.59 Å². The Morgan fingerprint density at radius 2 is 2.28 bits per heavy atom. The largest absolute Gasteiger partial charge is 0.396 e. The molecular formula is C12H18N2O3S. The van der Waals surface area contributed by atoms with E-state index in [0.29, 0.717) is 24.4 Å². The first-order valence-electron chi connectivity index (χ1n) is 5.89. The molecule has 1 aromatic rings. The maximum absolute atomic E-state index is 11.8. The van der Waals surface area contributed by atoms with Crippen molar-refractivity contribution in [2.75, 3.05) is 26.2 Å². The van der Waals surface area contributed by atoms with E-state index < -0.39 is 0 Å². The van der Waals surface area contributed by atoms with Gasteiger partial charge < -0.3 is 15.3 Å². The summed E-state index contributed by atoms with van der Waals surface area (Å²) in [5.41, 5.74) is 0. The van der Waals surface area contributed by atoms with Gasteiger partial charge in [0.25, 0.3) is 5.91 Å². The monoisotopic (exact) mass is 270 g/mol. The number of hydrogen-bond acceptors (Lipinski definition) is 4. The smallest absolute Gasteiger partial charge is 0.261 e. The molecule has 100 valence electrons. The molecule has 1 aromatic heterocycles. The highest BCUT2D eigenvalue weighted by molar-refractivity contribution is 7.12. The molecule has 0 fully saturated rings. The molecule has 18 heavy (non-hydrogen) atoms. The van der Waals surface area contributed by atoms with Crippen LogP contribution in [-0.4, -0.2) is 48.1 Å². The van der Waals surface area contributed by atoms with Crippen molar-refractivity contribution < 1.29 is 14.7 Å². The van der Waals surface area contributed by atoms with Gasteiger partial charge in [-0.05, 0) is 24.8 Å². The fraction of sp³-hybridized carbons (Fsp3) is 0.500. The molecule has 0 aliphatic heterocycles. The van der Waals surface area contributed by atoms with Gasteiger partial charge in [-0.2, -0.15) is 0 Å². The van der Waals surface area contributed by atoms with Crippen molar-refractivity contribution in [3.05, 3.63) is 22.4 Å². The summed E-state index contributed by atoms with van der Waals surface area (Å²) >= 11 is 1.34. The molecule has 0 bridgehead atoms. The molecular weight excluding hydrogens is 252 g/mol. The summed E-state index contributed by atoms with van der Waals surface area (Å²) in [6, 6.07) is 3.51. The molecule has 2 N–H and O–H groups in total. The molecule has 0 saturated heterocycles. The number of nitrogens with zero attached hydrogens (tertiary/aromatic N) is 1. The van der Waals surface area contributed by atoms with E-state index in [1.807, 2.05) is 12.3 Å². The molecule has 0 unspecified atom stereocenters. The predicted octanol–water partition coefficient (Wildman–Crippen LogP) is 0.709. The molecule has 1 heterocycles. The second kappa shape index (κ2) is 7.84. The molecule has 0 aliphatic carbocycles. The zero-order valence-electron chi connectivity index (χ0n) is 10.4. The van der Waals surface area contributed by atoms with E-state index in [0.717, 1.165) is 0 Å². The van der Waals surface area contributed by atoms with Crippen molar-refractivity contribution in [1.29, 1.82) is 0 Å². The molecule has 0 aliphatic rings. The van der Waals surface area contributed by atoms with Crippen LogP contribution in [0.3, 0.4) is 0 Å². The molecule has 0 aromatic carbocycles. The topological polar surface area (TPSA) is 69.6 Å². The molecule has 1 rings (SSSR count). The van der Waals surface area contributed by atoms with Gasteiger partial charge in [0.1, 0.15) is 0 Å². The Hall–Kier alpha value is -1.40. The minimum absolute atomic E-state index is 0.00397. The minimum Gasteiger partial charge on any atom is -0.396 e. The van der Waals surface area contributed by atoms with Gasteiger partial charge in [0.2, 0.25) is 5.91 Å². The van der Waals surface area contributed by atoms with Crippen molar-refractivity contribution >= 4 is 23.2 Å². The van der Waals surface area contributed by atoms with Crippen molar-refractivity contribution in [2.45, 2.75) is 13.3 Å². The first-order valence-corrected chi connectivity index (χ1v) is 6.77. The highest BCUT2D eigenvalue weighted by atomic mass is 32.1. The van der Waals surface area contributed by atoms with Crippen LogP contribution in [0.1, 0.15) is 23.0 Å². The molecule has 0 radical (unpaired) electrons. The Balaban J connectivity index is 2.37. The second-order valence-corrected chi connectivity index (χ2v) is 4.66. The van der Waals surface area contributed by atoms with Crippen LogP contribution in [0.4, 0.5) is 0 Å². The third kappa shape index (κ3) is 4.46. The molecule has 0 atom stereocenters. The van der Waals surface area contributed by atoms with E-state index in [9.17, 15) is 9.59 Å². The minimum atomic E-state index is -0.225. The molecule has 0 spiro atoms. The number of hydrogen-bond donors (Lipinski definition) is 2. The summed E-state index contributed by atoms with van der Waals surface area (Å²) in [4.78, 5) is 25.6. The number of aliphatic hydroxyl groups excluding tert-OH is 1. The van der Waals surface area contributed by atoms with Gasteiger partial charge in [0.05, 0.1) is 11.4 Å². The highest BCUT2D eigenvalue weighted by Crippen LogP contribution is 2.07. The van der Waals surface area contributed by atoms with E-state index in [2.05, 4.69) is 5.32 Å². The van der Waals surface area contributed by atoms with Gasteiger partial charge in [-0.15, -0.1) is 11.3 Å². The molecule has 2 amide bonds. The van der Waals surface area contributed by atoms with Crippen molar-refractivity contribution in [3.8, 4) is 0 Å². The van der Waals surface area contributed by atoms with Crippen LogP contribution in [0.15, 0.2) is 17.5 Å². The number of likely N-dealkylation sites (N-methyl/N-ethyl adjacent to an activating group) is 1. The maximum atomic E-state index is 11.8. The zero-order chi connectivity index (χ0) is 13.4. The Kier molecular flexibility index (Phi) is 6.38. The summed E-state index contributed by atoms with van der Waals surface area (Å²) in [6.45, 7) is 3.02. The van der Waals surface area contributed by atoms with Crippen LogP contribution in [0, 0.1) is 0 Å². The lowest BCUT2D eigenvalue weighted by atomic mass is 10.3. The number of thiophene rings is 1. The van der Waals surface area contributed by atoms with E-state index in [1.54, 1.807) is 17.0 Å². The summed E-state index contributed by atoms with van der Waals surface area (Å²) in [7, 11) is 0. The van der Waals surface area contributed by atoms with Gasteiger partial charge in [0, 0.05) is 19.7 Å². The number of nitrogens with one attached hydrogen (secondary N) is 1. The molecule has 6 heteroatoms. The lowest BCUT2D eigenvalue weighted by molar-refractivity contribution is -0.130. The average Bonchev–Trinajstić information content (AvgIpc) is 2.90. The van der Waals surface area contributed by atoms with Crippen molar-refractivity contribution in [1.82, 2.24) is 10.2 Å². The van der Waals surface area contributed by atoms with Gasteiger partial charge in [-0.25, -0.2) is 0 Å². The van der Waals surface area contributed by atoms with Crippen LogP contribution in [-0.2, 0) is 4.79 Å². The highest BCUT2D eigenvalue weighted by Gasteiger charge is 2.13. The Bertz CT molecular complexity index is 379. The number of aliphatic hydroxyl groups is 1. The first-order chi connectivity index (χ1) is 8.69. The normalized spacial score (nSPS) is 10.1. The zero-order valence-corrected chi connectivity index (χ0v) is 11.2. The number of carbonyl (C=O) groups excluding carboxylic acids is 2. The second-order valence-electron chi connectivity index (χ2n) is 3.71. The van der Waals surface area contributed by atoms with Crippen LogP contribution >= 0.6 is 11.3 Å². The summed E-state index contributed by atoms with van der Waals surface area (Å²) < 4.78 is 0. The Morgan fingerprint density at radius 1 is 1.50 bits per heavy atom. The van der Waals surface area contributed by atoms with Crippen LogP contribution in [0.2, 0.25) is 0 Å². The van der Waals surface area contributed by atoms with Crippen LogP contribution < -0.4 is 5.32 Å². The molecule has 0 saturated carbocycles. The summed E-state index contributed by atoms with van der Waals surface area (Å²) in [6.07, 6.45) is 0.554. The van der Waals surface area contributed by atoms with Crippen LogP contribution in [0.5, 0.6) is 0 Å². The molecule has 5 nitrogen and oxygen atoms in total. The summed E-state index contributed by atoms with van der Waals surface area (Å²) in [5, 5.41) is 13.1. The van der Waals surface area contributed by atoms with Crippen molar-refractivity contribution in [2.24, 2.45) is 0 Å². The maximum Gasteiger partial charge on any atom is 0.261 e. The Morgan fingerprint density at radius 3 is 2.83 bits per heavy atom. The SMILES string of the molecule is CCN(CCCO)C(=O)CNC(=O)c1cccs1. The Labute approximate surface area is 110 Å². The quantitative estimate of drug-likeness (QED) is 0.766. The van der Waals surface area contributed by atoms with E-state index in [4.69, 9.17) is 5.11 Å². The van der Waals surface area contributed by atoms with Gasteiger partial charge in [0.15, 0.2) is 0 Å². The number of rotatable bonds is 7. The fourth-order valence-corrected chi connectivity index (χ4v) is 2.12.